The molecule has 46 valence electrons. The molecule has 0 heterocycles. The van der Waals surface area contributed by atoms with Crippen LogP contribution in [0, 0.1) is 11.8 Å². The van der Waals surface area contributed by atoms with Crippen molar-refractivity contribution in [1.29, 1.82) is 0 Å². The van der Waals surface area contributed by atoms with Gasteiger partial charge in [-0.15, -0.1) is 0 Å². The highest BCUT2D eigenvalue weighted by molar-refractivity contribution is 5.08. The lowest BCUT2D eigenvalue weighted by Gasteiger charge is -1.96. The zero-order chi connectivity index (χ0) is 5.78. The van der Waals surface area contributed by atoms with Crippen molar-refractivity contribution < 1.29 is 8.78 Å². The van der Waals surface area contributed by atoms with E-state index in [4.69, 9.17) is 0 Å². The van der Waals surface area contributed by atoms with Gasteiger partial charge >= 0.3 is 0 Å². The van der Waals surface area contributed by atoms with Gasteiger partial charge in [0.15, 0.2) is 0 Å². The Labute approximate surface area is 46.9 Å². The van der Waals surface area contributed by atoms with E-state index >= 15 is 0 Å². The van der Waals surface area contributed by atoms with Crippen molar-refractivity contribution in [2.45, 2.75) is 25.2 Å². The van der Waals surface area contributed by atoms with Crippen LogP contribution in [0.2, 0.25) is 0 Å². The summed E-state index contributed by atoms with van der Waals surface area (Å²) in [6, 6.07) is 0. The number of hydrogen-bond acceptors (Lipinski definition) is 0. The number of alkyl halides is 2. The van der Waals surface area contributed by atoms with Gasteiger partial charge in [-0.3, -0.25) is 0 Å². The molecular formula is C6H8F2. The van der Waals surface area contributed by atoms with Crippen LogP contribution in [0.3, 0.4) is 0 Å². The fourth-order valence-corrected chi connectivity index (χ4v) is 1.81. The second-order valence-electron chi connectivity index (χ2n) is 2.82. The van der Waals surface area contributed by atoms with Gasteiger partial charge < -0.3 is 0 Å². The van der Waals surface area contributed by atoms with Crippen LogP contribution in [0.15, 0.2) is 0 Å². The molecule has 2 heteroatoms. The van der Waals surface area contributed by atoms with Gasteiger partial charge in [-0.25, -0.2) is 8.78 Å². The maximum atomic E-state index is 12.2. The van der Waals surface area contributed by atoms with E-state index in [9.17, 15) is 8.78 Å². The van der Waals surface area contributed by atoms with Gasteiger partial charge in [0.2, 0.25) is 0 Å². The minimum Gasteiger partial charge on any atom is -0.206 e. The molecule has 0 aromatic carbocycles. The third kappa shape index (κ3) is 0.351. The maximum Gasteiger partial charge on any atom is 0.254 e. The summed E-state index contributed by atoms with van der Waals surface area (Å²) < 4.78 is 24.5. The van der Waals surface area contributed by atoms with Crippen LogP contribution in [0.25, 0.3) is 0 Å². The molecule has 0 saturated heterocycles. The molecule has 0 nitrogen and oxygen atoms in total. The first-order valence-electron chi connectivity index (χ1n) is 3.11. The molecule has 8 heavy (non-hydrogen) atoms. The second-order valence-corrected chi connectivity index (χ2v) is 2.82. The molecule has 2 rings (SSSR count). The Bertz CT molecular complexity index is 108. The average Bonchev–Trinajstić information content (AvgIpc) is 2.22. The van der Waals surface area contributed by atoms with Gasteiger partial charge in [0.25, 0.3) is 5.92 Å². The Morgan fingerprint density at radius 2 is 1.62 bits per heavy atom. The van der Waals surface area contributed by atoms with Crippen molar-refractivity contribution in [3.8, 4) is 0 Å². The Balaban J connectivity index is 2.13. The van der Waals surface area contributed by atoms with E-state index in [1.165, 1.54) is 0 Å². The summed E-state index contributed by atoms with van der Waals surface area (Å²) in [6.45, 7) is 0. The molecule has 0 aromatic heterocycles. The summed E-state index contributed by atoms with van der Waals surface area (Å²) in [5, 5.41) is 0. The van der Waals surface area contributed by atoms with Crippen LogP contribution in [0.4, 0.5) is 8.78 Å². The number of hydrogen-bond donors (Lipinski definition) is 0. The topological polar surface area (TPSA) is 0 Å². The van der Waals surface area contributed by atoms with E-state index in [-0.39, 0.29) is 11.8 Å². The predicted molar refractivity (Wildman–Crippen MR) is 25.8 cm³/mol. The zero-order valence-corrected chi connectivity index (χ0v) is 4.53. The van der Waals surface area contributed by atoms with E-state index in [1.54, 1.807) is 0 Å². The summed E-state index contributed by atoms with van der Waals surface area (Å²) in [6.07, 6.45) is 2.58. The van der Waals surface area contributed by atoms with E-state index in [0.29, 0.717) is 0 Å². The lowest BCUT2D eigenvalue weighted by molar-refractivity contribution is 0.0728. The van der Waals surface area contributed by atoms with Crippen LogP contribution < -0.4 is 0 Å². The third-order valence-corrected chi connectivity index (χ3v) is 2.40. The van der Waals surface area contributed by atoms with Gasteiger partial charge in [0.1, 0.15) is 0 Å². The molecule has 0 aliphatic heterocycles. The molecule has 1 unspecified atom stereocenters. The normalized spacial score (nSPS) is 48.8. The first-order valence-corrected chi connectivity index (χ1v) is 3.11. The first kappa shape index (κ1) is 4.71. The molecule has 2 aliphatic carbocycles. The summed E-state index contributed by atoms with van der Waals surface area (Å²) >= 11 is 0. The largest absolute Gasteiger partial charge is 0.254 e. The zero-order valence-electron chi connectivity index (χ0n) is 4.53. The van der Waals surface area contributed by atoms with Gasteiger partial charge in [0, 0.05) is 11.8 Å². The molecule has 0 bridgehead atoms. The average molecular weight is 118 g/mol. The fraction of sp³-hybridized carbons (Fsp3) is 1.00. The fourth-order valence-electron chi connectivity index (χ4n) is 1.81. The quantitative estimate of drug-likeness (QED) is 0.456. The highest BCUT2D eigenvalue weighted by Gasteiger charge is 2.69. The van der Waals surface area contributed by atoms with Crippen molar-refractivity contribution in [3.63, 3.8) is 0 Å². The third-order valence-electron chi connectivity index (χ3n) is 2.40. The van der Waals surface area contributed by atoms with Crippen LogP contribution in [0.1, 0.15) is 19.3 Å². The maximum absolute atomic E-state index is 12.2. The smallest absolute Gasteiger partial charge is 0.206 e. The second kappa shape index (κ2) is 1.07. The molecule has 0 aromatic rings. The molecule has 0 spiro atoms. The van der Waals surface area contributed by atoms with Crippen molar-refractivity contribution in [1.82, 2.24) is 0 Å². The summed E-state index contributed by atoms with van der Waals surface area (Å²) in [5.74, 6) is -2.65. The van der Waals surface area contributed by atoms with Crippen LogP contribution in [-0.4, -0.2) is 5.92 Å². The van der Waals surface area contributed by atoms with Gasteiger partial charge in [-0.05, 0) is 12.8 Å². The molecule has 0 amide bonds. The van der Waals surface area contributed by atoms with Crippen LogP contribution >= 0.6 is 0 Å². The summed E-state index contributed by atoms with van der Waals surface area (Å²) in [7, 11) is 0. The monoisotopic (exact) mass is 118 g/mol. The van der Waals surface area contributed by atoms with E-state index < -0.39 is 5.92 Å². The number of fused-ring (bicyclic) bond motifs is 1. The number of halogens is 2. The minimum atomic E-state index is -2.24. The molecule has 2 fully saturated rings. The van der Waals surface area contributed by atoms with Crippen molar-refractivity contribution in [3.05, 3.63) is 0 Å². The molecule has 0 radical (unpaired) electrons. The lowest BCUT2D eigenvalue weighted by atomic mass is 10.2. The molecular weight excluding hydrogens is 110 g/mol. The molecule has 2 saturated carbocycles. The Hall–Kier alpha value is -0.140. The minimum absolute atomic E-state index is 0.206. The van der Waals surface area contributed by atoms with Gasteiger partial charge in [-0.2, -0.15) is 0 Å². The van der Waals surface area contributed by atoms with E-state index in [2.05, 4.69) is 0 Å². The molecule has 2 atom stereocenters. The predicted octanol–water partition coefficient (Wildman–Crippen LogP) is 2.05. The van der Waals surface area contributed by atoms with Crippen molar-refractivity contribution in [2.24, 2.45) is 11.8 Å². The van der Waals surface area contributed by atoms with Crippen molar-refractivity contribution in [2.75, 3.05) is 0 Å². The summed E-state index contributed by atoms with van der Waals surface area (Å²) in [5.41, 5.74) is 0. The standard InChI is InChI=1S/C6H8F2/c7-6(8)4-2-1-3-5(4)6/h4-5H,1-3H2/t4-,5?/m1/s1. The Kier molecular flexibility index (Phi) is 0.628. The molecule has 2 aliphatic rings. The Morgan fingerprint density at radius 1 is 1.12 bits per heavy atom. The first-order chi connectivity index (χ1) is 3.73. The van der Waals surface area contributed by atoms with Crippen molar-refractivity contribution >= 4 is 0 Å². The van der Waals surface area contributed by atoms with Gasteiger partial charge in [0.05, 0.1) is 0 Å². The van der Waals surface area contributed by atoms with Crippen LogP contribution in [0.5, 0.6) is 0 Å². The molecule has 0 N–H and O–H groups in total. The van der Waals surface area contributed by atoms with E-state index in [1.807, 2.05) is 0 Å². The highest BCUT2D eigenvalue weighted by Crippen LogP contribution is 2.63. The SMILES string of the molecule is FC1(F)C2CCC[C@H]21. The van der Waals surface area contributed by atoms with Crippen LogP contribution in [-0.2, 0) is 0 Å². The van der Waals surface area contributed by atoms with E-state index in [0.717, 1.165) is 19.3 Å². The van der Waals surface area contributed by atoms with Gasteiger partial charge in [-0.1, -0.05) is 6.42 Å². The number of rotatable bonds is 0. The lowest BCUT2D eigenvalue weighted by Crippen LogP contribution is -1.98. The highest BCUT2D eigenvalue weighted by atomic mass is 19.3. The summed E-state index contributed by atoms with van der Waals surface area (Å²) in [4.78, 5) is 0. The Morgan fingerprint density at radius 3 is 1.88 bits per heavy atom.